The lowest BCUT2D eigenvalue weighted by molar-refractivity contribution is -0.115. The van der Waals surface area contributed by atoms with E-state index < -0.39 is 0 Å². The van der Waals surface area contributed by atoms with E-state index in [1.165, 1.54) is 12.8 Å². The standard InChI is InChI=1S/C21H24N4OS/c1-20(2)13-6-7-21(20,3)17(10-13)24-19-23-15(18(26)25-19)8-12-4-5-14-16(9-12)27-11-22-14/h4-5,8-9,11,13,17H,6-7,10H2,1-3H3,(H2,23,24,25,26)/b15-8-/t13?,17-,21?/m1/s1. The predicted octanol–water partition coefficient (Wildman–Crippen LogP) is 3.93. The van der Waals surface area contributed by atoms with Gasteiger partial charge in [0.25, 0.3) is 5.91 Å². The number of thiazole rings is 1. The quantitative estimate of drug-likeness (QED) is 0.776. The second-order valence-electron chi connectivity index (χ2n) is 8.83. The van der Waals surface area contributed by atoms with Gasteiger partial charge >= 0.3 is 0 Å². The highest BCUT2D eigenvalue weighted by molar-refractivity contribution is 7.16. The van der Waals surface area contributed by atoms with Crippen LogP contribution in [-0.2, 0) is 4.79 Å². The molecule has 0 saturated heterocycles. The van der Waals surface area contributed by atoms with Crippen LogP contribution < -0.4 is 10.6 Å². The Bertz CT molecular complexity index is 1000. The van der Waals surface area contributed by atoms with E-state index in [4.69, 9.17) is 0 Å². The summed E-state index contributed by atoms with van der Waals surface area (Å²) in [4.78, 5) is 21.2. The molecule has 27 heavy (non-hydrogen) atoms. The zero-order valence-electron chi connectivity index (χ0n) is 15.9. The lowest BCUT2D eigenvalue weighted by atomic mass is 9.69. The maximum Gasteiger partial charge on any atom is 0.276 e. The lowest BCUT2D eigenvalue weighted by Crippen LogP contribution is -2.50. The van der Waals surface area contributed by atoms with Gasteiger partial charge in [-0.3, -0.25) is 10.1 Å². The molecule has 2 aromatic rings. The summed E-state index contributed by atoms with van der Waals surface area (Å²) in [5, 5.41) is 6.46. The van der Waals surface area contributed by atoms with Crippen molar-refractivity contribution < 1.29 is 4.79 Å². The third-order valence-corrected chi connectivity index (χ3v) is 8.25. The molecule has 2 heterocycles. The van der Waals surface area contributed by atoms with Gasteiger partial charge < -0.3 is 5.32 Å². The zero-order valence-corrected chi connectivity index (χ0v) is 16.7. The van der Waals surface area contributed by atoms with Gasteiger partial charge in [0.05, 0.1) is 15.7 Å². The molecule has 5 nitrogen and oxygen atoms in total. The van der Waals surface area contributed by atoms with Gasteiger partial charge in [0, 0.05) is 6.04 Å². The Hall–Kier alpha value is -2.21. The molecule has 3 atom stereocenters. The highest BCUT2D eigenvalue weighted by Crippen LogP contribution is 2.65. The summed E-state index contributed by atoms with van der Waals surface area (Å²) in [6.07, 6.45) is 5.54. The van der Waals surface area contributed by atoms with Crippen LogP contribution in [0, 0.1) is 16.7 Å². The van der Waals surface area contributed by atoms with Crippen LogP contribution in [0.4, 0.5) is 0 Å². The molecule has 2 saturated carbocycles. The summed E-state index contributed by atoms with van der Waals surface area (Å²) < 4.78 is 1.11. The summed E-state index contributed by atoms with van der Waals surface area (Å²) >= 11 is 1.60. The summed E-state index contributed by atoms with van der Waals surface area (Å²) in [6.45, 7) is 7.17. The molecular weight excluding hydrogens is 356 g/mol. The van der Waals surface area contributed by atoms with Crippen LogP contribution in [0.1, 0.15) is 45.6 Å². The Morgan fingerprint density at radius 2 is 2.19 bits per heavy atom. The Morgan fingerprint density at radius 3 is 2.93 bits per heavy atom. The topological polar surface area (TPSA) is 66.4 Å². The van der Waals surface area contributed by atoms with Gasteiger partial charge in [-0.2, -0.15) is 0 Å². The van der Waals surface area contributed by atoms with Gasteiger partial charge in [-0.1, -0.05) is 26.8 Å². The molecule has 2 fully saturated rings. The molecule has 2 N–H and O–H groups in total. The average molecular weight is 381 g/mol. The normalized spacial score (nSPS) is 32.9. The number of carbonyl (C=O) groups is 1. The predicted molar refractivity (Wildman–Crippen MR) is 109 cm³/mol. The van der Waals surface area contributed by atoms with E-state index in [0.29, 0.717) is 23.1 Å². The number of aromatic nitrogens is 1. The first kappa shape index (κ1) is 16.9. The molecule has 1 aromatic heterocycles. The molecule has 2 bridgehead atoms. The third-order valence-electron chi connectivity index (χ3n) is 7.46. The van der Waals surface area contributed by atoms with Gasteiger partial charge in [-0.15, -0.1) is 11.3 Å². The molecule has 1 amide bonds. The molecule has 1 aliphatic heterocycles. The van der Waals surface area contributed by atoms with Crippen LogP contribution >= 0.6 is 11.3 Å². The van der Waals surface area contributed by atoms with Crippen molar-refractivity contribution in [3.63, 3.8) is 0 Å². The average Bonchev–Trinajstić information content (AvgIpc) is 3.31. The fourth-order valence-corrected chi connectivity index (χ4v) is 5.97. The van der Waals surface area contributed by atoms with Crippen molar-refractivity contribution in [2.75, 3.05) is 0 Å². The summed E-state index contributed by atoms with van der Waals surface area (Å²) in [7, 11) is 0. The fourth-order valence-electron chi connectivity index (χ4n) is 5.24. The molecular formula is C21H24N4OS. The van der Waals surface area contributed by atoms with E-state index in [0.717, 1.165) is 28.1 Å². The minimum atomic E-state index is -0.144. The highest BCUT2D eigenvalue weighted by atomic mass is 32.1. The summed E-state index contributed by atoms with van der Waals surface area (Å²) in [6, 6.07) is 6.36. The van der Waals surface area contributed by atoms with Crippen molar-refractivity contribution in [1.29, 1.82) is 0 Å². The maximum atomic E-state index is 12.4. The number of benzene rings is 1. The molecule has 3 aliphatic rings. The minimum Gasteiger partial charge on any atom is -0.352 e. The first-order valence-corrected chi connectivity index (χ1v) is 10.5. The molecule has 1 aromatic carbocycles. The largest absolute Gasteiger partial charge is 0.352 e. The number of nitrogens with zero attached hydrogens (tertiary/aromatic N) is 2. The van der Waals surface area contributed by atoms with E-state index in [1.54, 1.807) is 11.3 Å². The number of guanidine groups is 1. The summed E-state index contributed by atoms with van der Waals surface area (Å²) in [5.74, 6) is 1.20. The molecule has 0 radical (unpaired) electrons. The number of fused-ring (bicyclic) bond motifs is 3. The SMILES string of the molecule is CC1(C)C2CCC1(C)[C@H](NC1=N/C(=C\c3ccc4ncsc4c3)C(=O)N1)C2. The van der Waals surface area contributed by atoms with E-state index in [9.17, 15) is 4.79 Å². The third kappa shape index (κ3) is 2.46. The van der Waals surface area contributed by atoms with Crippen LogP contribution in [0.5, 0.6) is 0 Å². The van der Waals surface area contributed by atoms with Gasteiger partial charge in [-0.25, -0.2) is 9.98 Å². The van der Waals surface area contributed by atoms with Gasteiger partial charge in [-0.05, 0) is 59.8 Å². The number of rotatable bonds is 2. The Morgan fingerprint density at radius 1 is 1.33 bits per heavy atom. The van der Waals surface area contributed by atoms with E-state index in [2.05, 4.69) is 41.4 Å². The van der Waals surface area contributed by atoms with E-state index >= 15 is 0 Å². The van der Waals surface area contributed by atoms with Crippen molar-refractivity contribution in [3.05, 3.63) is 35.0 Å². The zero-order chi connectivity index (χ0) is 18.8. The molecule has 6 heteroatoms. The molecule has 2 unspecified atom stereocenters. The minimum absolute atomic E-state index is 0.144. The maximum absolute atomic E-state index is 12.4. The van der Waals surface area contributed by atoms with Crippen LogP contribution in [0.25, 0.3) is 16.3 Å². The van der Waals surface area contributed by atoms with E-state index in [1.807, 2.05) is 29.8 Å². The Labute approximate surface area is 163 Å². The van der Waals surface area contributed by atoms with Crippen LogP contribution in [0.3, 0.4) is 0 Å². The Balaban J connectivity index is 1.38. The van der Waals surface area contributed by atoms with Gasteiger partial charge in [0.2, 0.25) is 5.96 Å². The number of aliphatic imine (C=N–C) groups is 1. The van der Waals surface area contributed by atoms with Crippen LogP contribution in [0.15, 0.2) is 34.4 Å². The number of amides is 1. The first-order valence-electron chi connectivity index (χ1n) is 9.58. The van der Waals surface area contributed by atoms with Crippen molar-refractivity contribution in [1.82, 2.24) is 15.6 Å². The number of carbonyl (C=O) groups excluding carboxylic acids is 1. The smallest absolute Gasteiger partial charge is 0.276 e. The summed E-state index contributed by atoms with van der Waals surface area (Å²) in [5.41, 5.74) is 4.81. The van der Waals surface area contributed by atoms with Gasteiger partial charge in [0.1, 0.15) is 5.70 Å². The van der Waals surface area contributed by atoms with Crippen LogP contribution in [0.2, 0.25) is 0 Å². The fraction of sp³-hybridized carbons (Fsp3) is 0.476. The highest BCUT2D eigenvalue weighted by Gasteiger charge is 2.61. The lowest BCUT2D eigenvalue weighted by Gasteiger charge is -2.39. The number of hydrogen-bond donors (Lipinski definition) is 2. The van der Waals surface area contributed by atoms with Crippen molar-refractivity contribution in [2.45, 2.75) is 46.1 Å². The second kappa shape index (κ2) is 5.64. The van der Waals surface area contributed by atoms with E-state index in [-0.39, 0.29) is 11.3 Å². The molecule has 2 aliphatic carbocycles. The van der Waals surface area contributed by atoms with Gasteiger partial charge in [0.15, 0.2) is 0 Å². The monoisotopic (exact) mass is 380 g/mol. The number of nitrogens with one attached hydrogen (secondary N) is 2. The molecule has 5 rings (SSSR count). The molecule has 140 valence electrons. The van der Waals surface area contributed by atoms with Crippen molar-refractivity contribution >= 4 is 39.5 Å². The second-order valence-corrected chi connectivity index (χ2v) is 9.72. The van der Waals surface area contributed by atoms with Crippen molar-refractivity contribution in [2.24, 2.45) is 21.7 Å². The first-order chi connectivity index (χ1) is 12.9. The van der Waals surface area contributed by atoms with Crippen LogP contribution in [-0.4, -0.2) is 22.9 Å². The van der Waals surface area contributed by atoms with Crippen molar-refractivity contribution in [3.8, 4) is 0 Å². The molecule has 0 spiro atoms. The Kier molecular flexibility index (Phi) is 3.54. The number of hydrogen-bond acceptors (Lipinski definition) is 5.